The molecule has 0 bridgehead atoms. The van der Waals surface area contributed by atoms with Crippen LogP contribution in [-0.2, 0) is 20.8 Å². The van der Waals surface area contributed by atoms with E-state index in [1.807, 2.05) is 24.3 Å². The molecule has 0 radical (unpaired) electrons. The largest absolute Gasteiger partial charge is 0.497 e. The van der Waals surface area contributed by atoms with Gasteiger partial charge >= 0.3 is 5.97 Å². The first kappa shape index (κ1) is 23.0. The number of aliphatic carboxylic acids is 1. The molecule has 0 aliphatic carbocycles. The molecule has 1 saturated heterocycles. The highest BCUT2D eigenvalue weighted by Gasteiger charge is 2.54. The number of fused-ring (bicyclic) bond motifs is 1. The monoisotopic (exact) mass is 582 g/mol. The Labute approximate surface area is 207 Å². The number of amides is 2. The summed E-state index contributed by atoms with van der Waals surface area (Å²) in [4.78, 5) is 40.2. The van der Waals surface area contributed by atoms with Crippen molar-refractivity contribution in [3.63, 3.8) is 0 Å². The summed E-state index contributed by atoms with van der Waals surface area (Å²) in [5, 5.41) is 12.2. The van der Waals surface area contributed by atoms with Crippen LogP contribution in [0.4, 0.5) is 0 Å². The van der Waals surface area contributed by atoms with E-state index in [1.54, 1.807) is 31.4 Å². The lowest BCUT2D eigenvalue weighted by Crippen LogP contribution is -2.70. The Morgan fingerprint density at radius 3 is 2.62 bits per heavy atom. The minimum absolute atomic E-state index is 0.00376. The number of benzene rings is 2. The third-order valence-corrected chi connectivity index (χ3v) is 8.98. The number of carbonyl (C=O) groups excluding carboxylic acids is 2. The number of nitrogens with zero attached hydrogens (tertiary/aromatic N) is 1. The Kier molecular flexibility index (Phi) is 7.01. The standard InChI is InChI=1S/C22H19IN2O5S2/c1-30-13-8-6-12(7-9-13)10-17(26)24-18-20(27)25-19(22(28)29)16(11-31-21(18)25)32-15-5-3-2-4-14(15)23/h2-9,18,21H,10-11H2,1H3,(H,24,26)(H,28,29)/t18-,21-/m1/s1. The second-order valence-electron chi connectivity index (χ2n) is 7.09. The molecule has 7 nitrogen and oxygen atoms in total. The van der Waals surface area contributed by atoms with Crippen molar-refractivity contribution in [2.24, 2.45) is 0 Å². The number of hydrogen-bond donors (Lipinski definition) is 2. The smallest absolute Gasteiger partial charge is 0.353 e. The van der Waals surface area contributed by atoms with Gasteiger partial charge in [-0.1, -0.05) is 36.0 Å². The zero-order chi connectivity index (χ0) is 22.8. The molecule has 0 unspecified atom stereocenters. The Bertz CT molecular complexity index is 1110. The predicted octanol–water partition coefficient (Wildman–Crippen LogP) is 3.33. The van der Waals surface area contributed by atoms with Crippen molar-refractivity contribution in [3.05, 3.63) is 68.3 Å². The van der Waals surface area contributed by atoms with E-state index in [4.69, 9.17) is 4.74 Å². The average molecular weight is 582 g/mol. The van der Waals surface area contributed by atoms with E-state index in [9.17, 15) is 19.5 Å². The second kappa shape index (κ2) is 9.75. The van der Waals surface area contributed by atoms with Crippen LogP contribution in [0, 0.1) is 3.57 Å². The fourth-order valence-corrected chi connectivity index (χ4v) is 6.69. The first-order valence-corrected chi connectivity index (χ1v) is 12.6. The summed E-state index contributed by atoms with van der Waals surface area (Å²) in [7, 11) is 1.57. The van der Waals surface area contributed by atoms with Crippen LogP contribution >= 0.6 is 46.1 Å². The lowest BCUT2D eigenvalue weighted by atomic mass is 10.0. The maximum absolute atomic E-state index is 12.8. The number of carboxylic acids is 1. The molecule has 2 N–H and O–H groups in total. The molecular weight excluding hydrogens is 563 g/mol. The number of hydrogen-bond acceptors (Lipinski definition) is 6. The van der Waals surface area contributed by atoms with Crippen LogP contribution in [-0.4, -0.2) is 52.1 Å². The van der Waals surface area contributed by atoms with Crippen molar-refractivity contribution in [2.45, 2.75) is 22.7 Å². The van der Waals surface area contributed by atoms with Crippen molar-refractivity contribution >= 4 is 63.9 Å². The minimum atomic E-state index is -1.14. The van der Waals surface area contributed by atoms with E-state index in [-0.39, 0.29) is 18.0 Å². The van der Waals surface area contributed by atoms with Gasteiger partial charge < -0.3 is 15.2 Å². The summed E-state index contributed by atoms with van der Waals surface area (Å²) in [6, 6.07) is 14.1. The molecule has 2 aromatic rings. The van der Waals surface area contributed by atoms with Gasteiger partial charge in [0.2, 0.25) is 5.91 Å². The molecule has 10 heteroatoms. The van der Waals surface area contributed by atoms with Gasteiger partial charge in [-0.05, 0) is 52.4 Å². The summed E-state index contributed by atoms with van der Waals surface area (Å²) < 4.78 is 6.12. The van der Waals surface area contributed by atoms with Crippen LogP contribution in [0.1, 0.15) is 5.56 Å². The van der Waals surface area contributed by atoms with E-state index in [2.05, 4.69) is 27.9 Å². The lowest BCUT2D eigenvalue weighted by molar-refractivity contribution is -0.150. The summed E-state index contributed by atoms with van der Waals surface area (Å²) in [5.41, 5.74) is 0.801. The second-order valence-corrected chi connectivity index (χ2v) is 10.5. The van der Waals surface area contributed by atoms with Crippen molar-refractivity contribution < 1.29 is 24.2 Å². The minimum Gasteiger partial charge on any atom is -0.497 e. The third kappa shape index (κ3) is 4.62. The number of carboxylic acid groups (broad SMARTS) is 1. The van der Waals surface area contributed by atoms with E-state index in [0.29, 0.717) is 16.4 Å². The van der Waals surface area contributed by atoms with Crippen LogP contribution < -0.4 is 10.1 Å². The van der Waals surface area contributed by atoms with Crippen LogP contribution in [0.25, 0.3) is 0 Å². The predicted molar refractivity (Wildman–Crippen MR) is 131 cm³/mol. The number of β-lactam (4-membered cyclic amide) rings is 1. The van der Waals surface area contributed by atoms with Crippen molar-refractivity contribution in [3.8, 4) is 5.75 Å². The molecule has 0 aromatic heterocycles. The van der Waals surface area contributed by atoms with Gasteiger partial charge in [0.25, 0.3) is 5.91 Å². The van der Waals surface area contributed by atoms with Gasteiger partial charge in [-0.2, -0.15) is 0 Å². The fraction of sp³-hybridized carbons (Fsp3) is 0.227. The maximum Gasteiger partial charge on any atom is 0.353 e. The zero-order valence-electron chi connectivity index (χ0n) is 16.9. The highest BCUT2D eigenvalue weighted by molar-refractivity contribution is 14.1. The van der Waals surface area contributed by atoms with Gasteiger partial charge in [0, 0.05) is 19.1 Å². The zero-order valence-corrected chi connectivity index (χ0v) is 20.7. The number of methoxy groups -OCH3 is 1. The number of ether oxygens (including phenoxy) is 1. The Morgan fingerprint density at radius 2 is 1.97 bits per heavy atom. The van der Waals surface area contributed by atoms with E-state index in [0.717, 1.165) is 14.0 Å². The summed E-state index contributed by atoms with van der Waals surface area (Å²) in [6.07, 6.45) is 0.125. The van der Waals surface area contributed by atoms with Gasteiger partial charge in [0.05, 0.1) is 13.5 Å². The summed E-state index contributed by atoms with van der Waals surface area (Å²) in [6.45, 7) is 0. The fourth-order valence-electron chi connectivity index (χ4n) is 3.48. The SMILES string of the molecule is COc1ccc(CC(=O)N[C@@H]2C(=O)N3C(C(=O)O)=C(Sc4ccccc4I)CS[C@H]23)cc1. The van der Waals surface area contributed by atoms with E-state index < -0.39 is 23.3 Å². The molecule has 0 saturated carbocycles. The Hall–Kier alpha value is -2.18. The van der Waals surface area contributed by atoms with Gasteiger partial charge in [-0.15, -0.1) is 11.8 Å². The Balaban J connectivity index is 1.46. The summed E-state index contributed by atoms with van der Waals surface area (Å²) in [5.74, 6) is -0.668. The van der Waals surface area contributed by atoms with Gasteiger partial charge in [-0.25, -0.2) is 4.79 Å². The van der Waals surface area contributed by atoms with Gasteiger partial charge in [-0.3, -0.25) is 14.5 Å². The van der Waals surface area contributed by atoms with Gasteiger partial charge in [0.1, 0.15) is 22.9 Å². The van der Waals surface area contributed by atoms with Gasteiger partial charge in [0.15, 0.2) is 0 Å². The highest BCUT2D eigenvalue weighted by Crippen LogP contribution is 2.45. The number of carbonyl (C=O) groups is 3. The third-order valence-electron chi connectivity index (χ3n) is 5.05. The average Bonchev–Trinajstić information content (AvgIpc) is 2.79. The van der Waals surface area contributed by atoms with Crippen LogP contribution in [0.3, 0.4) is 0 Å². The van der Waals surface area contributed by atoms with Crippen molar-refractivity contribution in [2.75, 3.05) is 12.9 Å². The van der Waals surface area contributed by atoms with E-state index >= 15 is 0 Å². The molecule has 2 amide bonds. The molecule has 2 aliphatic rings. The molecular formula is C22H19IN2O5S2. The molecule has 32 heavy (non-hydrogen) atoms. The Morgan fingerprint density at radius 1 is 1.25 bits per heavy atom. The highest BCUT2D eigenvalue weighted by atomic mass is 127. The number of halogens is 1. The molecule has 2 aromatic carbocycles. The molecule has 0 spiro atoms. The maximum atomic E-state index is 12.8. The molecule has 1 fully saturated rings. The quantitative estimate of drug-likeness (QED) is 0.382. The molecule has 4 rings (SSSR count). The molecule has 2 atom stereocenters. The lowest BCUT2D eigenvalue weighted by Gasteiger charge is -2.49. The van der Waals surface area contributed by atoms with Crippen LogP contribution in [0.5, 0.6) is 5.75 Å². The molecule has 2 aliphatic heterocycles. The number of nitrogens with one attached hydrogen (secondary N) is 1. The van der Waals surface area contributed by atoms with Crippen LogP contribution in [0.15, 0.2) is 64.0 Å². The van der Waals surface area contributed by atoms with E-state index in [1.165, 1.54) is 28.4 Å². The first-order chi connectivity index (χ1) is 15.4. The topological polar surface area (TPSA) is 95.9 Å². The molecule has 2 heterocycles. The van der Waals surface area contributed by atoms with Crippen molar-refractivity contribution in [1.82, 2.24) is 10.2 Å². The first-order valence-electron chi connectivity index (χ1n) is 9.65. The molecule has 166 valence electrons. The number of thioether (sulfide) groups is 2. The van der Waals surface area contributed by atoms with Crippen LogP contribution in [0.2, 0.25) is 0 Å². The number of rotatable bonds is 7. The summed E-state index contributed by atoms with van der Waals surface area (Å²) >= 11 is 5.03. The normalized spacial score (nSPS) is 19.8. The van der Waals surface area contributed by atoms with Crippen molar-refractivity contribution in [1.29, 1.82) is 0 Å².